The van der Waals surface area contributed by atoms with Crippen LogP contribution in [0, 0.1) is 32.6 Å². The molecule has 0 aliphatic heterocycles. The largest absolute Gasteiger partial charge is 0.481 e. The molecule has 3 N–H and O–H groups in total. The van der Waals surface area contributed by atoms with Gasteiger partial charge in [0.1, 0.15) is 0 Å². The lowest BCUT2D eigenvalue weighted by Crippen LogP contribution is -2.25. The Bertz CT molecular complexity index is 454. The van der Waals surface area contributed by atoms with Crippen molar-refractivity contribution in [1.29, 1.82) is 0 Å². The van der Waals surface area contributed by atoms with Gasteiger partial charge >= 0.3 is 5.97 Å². The van der Waals surface area contributed by atoms with Crippen LogP contribution in [0.1, 0.15) is 35.6 Å². The number of rotatable bonds is 6. The van der Waals surface area contributed by atoms with Crippen molar-refractivity contribution in [2.45, 2.75) is 40.5 Å². The maximum atomic E-state index is 11.0. The molecule has 3 heteroatoms. The van der Waals surface area contributed by atoms with Gasteiger partial charge in [-0.1, -0.05) is 19.1 Å². The highest BCUT2D eigenvalue weighted by molar-refractivity contribution is 5.70. The third-order valence-corrected chi connectivity index (χ3v) is 4.06. The van der Waals surface area contributed by atoms with Crippen LogP contribution in [0.3, 0.4) is 0 Å². The maximum absolute atomic E-state index is 11.0. The second-order valence-corrected chi connectivity index (χ2v) is 5.61. The smallest absolute Gasteiger partial charge is 0.307 e. The Morgan fingerprint density at radius 3 is 2.42 bits per heavy atom. The zero-order valence-corrected chi connectivity index (χ0v) is 12.4. The molecule has 0 aliphatic rings. The van der Waals surface area contributed by atoms with Gasteiger partial charge in [0.25, 0.3) is 0 Å². The lowest BCUT2D eigenvalue weighted by molar-refractivity contribution is -0.141. The first kappa shape index (κ1) is 15.7. The van der Waals surface area contributed by atoms with Crippen LogP contribution < -0.4 is 5.73 Å². The van der Waals surface area contributed by atoms with Crippen LogP contribution in [0.25, 0.3) is 0 Å². The molecule has 19 heavy (non-hydrogen) atoms. The van der Waals surface area contributed by atoms with Gasteiger partial charge in [0.05, 0.1) is 5.92 Å². The lowest BCUT2D eigenvalue weighted by atomic mass is 9.87. The third kappa shape index (κ3) is 4.06. The molecule has 0 saturated carbocycles. The van der Waals surface area contributed by atoms with Crippen molar-refractivity contribution in [2.24, 2.45) is 17.6 Å². The molecule has 3 nitrogen and oxygen atoms in total. The average molecular weight is 263 g/mol. The summed E-state index contributed by atoms with van der Waals surface area (Å²) < 4.78 is 0. The molecule has 2 unspecified atom stereocenters. The predicted octanol–water partition coefficient (Wildman–Crippen LogP) is 2.84. The lowest BCUT2D eigenvalue weighted by Gasteiger charge is -2.18. The molecule has 0 saturated heterocycles. The normalized spacial score (nSPS) is 14.2. The fourth-order valence-electron chi connectivity index (χ4n) is 2.48. The summed E-state index contributed by atoms with van der Waals surface area (Å²) in [6.45, 7) is 8.71. The molecular formula is C16H25NO2. The standard InChI is InChI=1S/C16H25NO2/c1-10(8-15(9-17)16(18)19)7-14-6-5-11(2)12(3)13(14)4/h5-6,10,15H,7-9,17H2,1-4H3,(H,18,19). The van der Waals surface area contributed by atoms with Crippen molar-refractivity contribution in [3.05, 3.63) is 34.4 Å². The highest BCUT2D eigenvalue weighted by Gasteiger charge is 2.19. The van der Waals surface area contributed by atoms with Crippen LogP contribution in [-0.2, 0) is 11.2 Å². The highest BCUT2D eigenvalue weighted by atomic mass is 16.4. The molecule has 106 valence electrons. The molecule has 0 amide bonds. The van der Waals surface area contributed by atoms with Gasteiger partial charge in [0.15, 0.2) is 0 Å². The summed E-state index contributed by atoms with van der Waals surface area (Å²) >= 11 is 0. The van der Waals surface area contributed by atoms with Crippen molar-refractivity contribution in [1.82, 2.24) is 0 Å². The summed E-state index contributed by atoms with van der Waals surface area (Å²) in [5.41, 5.74) is 10.8. The van der Waals surface area contributed by atoms with Crippen LogP contribution in [0.2, 0.25) is 0 Å². The average Bonchev–Trinajstić information content (AvgIpc) is 2.36. The Hall–Kier alpha value is -1.35. The molecule has 0 spiro atoms. The number of nitrogens with two attached hydrogens (primary N) is 1. The molecule has 0 fully saturated rings. The molecular weight excluding hydrogens is 238 g/mol. The maximum Gasteiger partial charge on any atom is 0.307 e. The van der Waals surface area contributed by atoms with Gasteiger partial charge < -0.3 is 10.8 Å². The number of hydrogen-bond donors (Lipinski definition) is 2. The Morgan fingerprint density at radius 1 is 1.26 bits per heavy atom. The minimum atomic E-state index is -0.786. The van der Waals surface area contributed by atoms with E-state index in [0.717, 1.165) is 6.42 Å². The molecule has 1 aromatic rings. The van der Waals surface area contributed by atoms with Gasteiger partial charge in [0, 0.05) is 6.54 Å². The summed E-state index contributed by atoms with van der Waals surface area (Å²) in [5, 5.41) is 9.04. The number of aryl methyl sites for hydroxylation is 1. The van der Waals surface area contributed by atoms with Crippen molar-refractivity contribution < 1.29 is 9.90 Å². The van der Waals surface area contributed by atoms with Crippen LogP contribution in [-0.4, -0.2) is 17.6 Å². The fourth-order valence-corrected chi connectivity index (χ4v) is 2.48. The number of carbonyl (C=O) groups is 1. The summed E-state index contributed by atoms with van der Waals surface area (Å²) in [5.74, 6) is -0.890. The Balaban J connectivity index is 2.75. The van der Waals surface area contributed by atoms with Crippen LogP contribution in [0.5, 0.6) is 0 Å². The van der Waals surface area contributed by atoms with Crippen molar-refractivity contribution >= 4 is 5.97 Å². The van der Waals surface area contributed by atoms with Gasteiger partial charge in [-0.25, -0.2) is 0 Å². The van der Waals surface area contributed by atoms with E-state index in [1.807, 2.05) is 0 Å². The van der Waals surface area contributed by atoms with E-state index >= 15 is 0 Å². The molecule has 1 aromatic carbocycles. The number of aliphatic carboxylic acids is 1. The minimum Gasteiger partial charge on any atom is -0.481 e. The monoisotopic (exact) mass is 263 g/mol. The number of benzene rings is 1. The van der Waals surface area contributed by atoms with E-state index < -0.39 is 11.9 Å². The van der Waals surface area contributed by atoms with E-state index in [1.165, 1.54) is 22.3 Å². The van der Waals surface area contributed by atoms with Crippen molar-refractivity contribution in [2.75, 3.05) is 6.54 Å². The first-order valence-electron chi connectivity index (χ1n) is 6.85. The van der Waals surface area contributed by atoms with Gasteiger partial charge in [-0.3, -0.25) is 4.79 Å². The second-order valence-electron chi connectivity index (χ2n) is 5.61. The van der Waals surface area contributed by atoms with Crippen LogP contribution in [0.4, 0.5) is 0 Å². The van der Waals surface area contributed by atoms with E-state index in [-0.39, 0.29) is 6.54 Å². The van der Waals surface area contributed by atoms with Gasteiger partial charge in [-0.05, 0) is 61.8 Å². The van der Waals surface area contributed by atoms with E-state index in [1.54, 1.807) is 0 Å². The zero-order chi connectivity index (χ0) is 14.6. The molecule has 0 radical (unpaired) electrons. The molecule has 0 heterocycles. The number of carboxylic acid groups (broad SMARTS) is 1. The van der Waals surface area contributed by atoms with Crippen molar-refractivity contribution in [3.63, 3.8) is 0 Å². The topological polar surface area (TPSA) is 63.3 Å². The van der Waals surface area contributed by atoms with E-state index in [0.29, 0.717) is 12.3 Å². The molecule has 0 bridgehead atoms. The third-order valence-electron chi connectivity index (χ3n) is 4.06. The minimum absolute atomic E-state index is 0.214. The Labute approximate surface area is 115 Å². The summed E-state index contributed by atoms with van der Waals surface area (Å²) in [4.78, 5) is 11.0. The quantitative estimate of drug-likeness (QED) is 0.829. The van der Waals surface area contributed by atoms with E-state index in [9.17, 15) is 4.79 Å². The first-order chi connectivity index (χ1) is 8.86. The Kier molecular flexibility index (Phi) is 5.55. The van der Waals surface area contributed by atoms with Gasteiger partial charge in [-0.2, -0.15) is 0 Å². The zero-order valence-electron chi connectivity index (χ0n) is 12.4. The molecule has 0 aromatic heterocycles. The highest BCUT2D eigenvalue weighted by Crippen LogP contribution is 2.22. The SMILES string of the molecule is Cc1ccc(CC(C)CC(CN)C(=O)O)c(C)c1C. The summed E-state index contributed by atoms with van der Waals surface area (Å²) in [7, 11) is 0. The van der Waals surface area contributed by atoms with Gasteiger partial charge in [-0.15, -0.1) is 0 Å². The second kappa shape index (κ2) is 6.71. The first-order valence-corrected chi connectivity index (χ1v) is 6.85. The predicted molar refractivity (Wildman–Crippen MR) is 78.3 cm³/mol. The Morgan fingerprint density at radius 2 is 1.89 bits per heavy atom. The number of hydrogen-bond acceptors (Lipinski definition) is 2. The fraction of sp³-hybridized carbons (Fsp3) is 0.562. The van der Waals surface area contributed by atoms with Gasteiger partial charge in [0.2, 0.25) is 0 Å². The molecule has 1 rings (SSSR count). The summed E-state index contributed by atoms with van der Waals surface area (Å²) in [6.07, 6.45) is 1.55. The van der Waals surface area contributed by atoms with E-state index in [4.69, 9.17) is 10.8 Å². The molecule has 2 atom stereocenters. The van der Waals surface area contributed by atoms with Crippen LogP contribution >= 0.6 is 0 Å². The molecule has 0 aliphatic carbocycles. The van der Waals surface area contributed by atoms with Crippen molar-refractivity contribution in [3.8, 4) is 0 Å². The van der Waals surface area contributed by atoms with E-state index in [2.05, 4.69) is 39.8 Å². The summed E-state index contributed by atoms with van der Waals surface area (Å²) in [6, 6.07) is 4.30. The van der Waals surface area contributed by atoms with Crippen LogP contribution in [0.15, 0.2) is 12.1 Å². The number of carboxylic acids is 1.